The van der Waals surface area contributed by atoms with Crippen molar-refractivity contribution in [2.75, 3.05) is 0 Å². The van der Waals surface area contributed by atoms with E-state index in [1.54, 1.807) is 0 Å². The van der Waals surface area contributed by atoms with Crippen LogP contribution in [0.1, 0.15) is 13.8 Å². The second-order valence-corrected chi connectivity index (χ2v) is 21.4. The molecule has 16 heavy (non-hydrogen) atoms. The Kier molecular flexibility index (Phi) is 6.60. The summed E-state index contributed by atoms with van der Waals surface area (Å²) in [5.41, 5.74) is 0. The fourth-order valence-electron chi connectivity index (χ4n) is 2.14. The fraction of sp³-hybridized carbons (Fsp3) is 0.909. The van der Waals surface area contributed by atoms with Crippen molar-refractivity contribution in [1.29, 1.82) is 0 Å². The zero-order chi connectivity index (χ0) is 13.1. The molecule has 1 nitrogen and oxygen atoms in total. The van der Waals surface area contributed by atoms with Gasteiger partial charge in [0.1, 0.15) is 0 Å². The van der Waals surface area contributed by atoms with E-state index in [2.05, 4.69) is 67.4 Å². The Bertz CT molecular complexity index is 238. The Morgan fingerprint density at radius 1 is 1.00 bits per heavy atom. The molecular weight excluding hydrogens is 264 g/mol. The lowest BCUT2D eigenvalue weighted by Crippen LogP contribution is -2.51. The predicted octanol–water partition coefficient (Wildman–Crippen LogP) is 4.96. The molecule has 1 atom stereocenters. The third kappa shape index (κ3) is 6.64. The molecule has 0 fully saturated rings. The van der Waals surface area contributed by atoms with Crippen molar-refractivity contribution in [3.8, 4) is 0 Å². The summed E-state index contributed by atoms with van der Waals surface area (Å²) in [4.78, 5) is 5.48. The molecule has 0 aliphatic heterocycles. The minimum atomic E-state index is -1.09. The van der Waals surface area contributed by atoms with Crippen LogP contribution < -0.4 is 0 Å². The molecule has 0 aromatic rings. The minimum absolute atomic E-state index is 0.379. The molecule has 0 amide bonds. The smallest absolute Gasteiger partial charge is 0.0490 e. The lowest BCUT2D eigenvalue weighted by molar-refractivity contribution is 0.842. The Hall–Kier alpha value is 0.964. The summed E-state index contributed by atoms with van der Waals surface area (Å²) in [6, 6.07) is 0.379. The molecule has 0 spiro atoms. The summed E-state index contributed by atoms with van der Waals surface area (Å²) in [5.74, 6) is 0. The first-order valence-corrected chi connectivity index (χ1v) is 14.7. The minimum Gasteiger partial charge on any atom is -1.43 e. The maximum atomic E-state index is 4.58. The molecule has 1 unspecified atom stereocenters. The average molecular weight is 291 g/mol. The molecule has 0 aliphatic carbocycles. The third-order valence-electron chi connectivity index (χ3n) is 2.39. The van der Waals surface area contributed by atoms with Crippen molar-refractivity contribution in [3.63, 3.8) is 0 Å². The van der Waals surface area contributed by atoms with E-state index in [1.165, 1.54) is 0 Å². The summed E-state index contributed by atoms with van der Waals surface area (Å²) in [7, 11) is 3.23. The highest BCUT2D eigenvalue weighted by Gasteiger charge is 2.36. The molecule has 0 radical (unpaired) electrons. The molecule has 0 heterocycles. The zero-order valence-electron chi connectivity index (χ0n) is 12.0. The van der Waals surface area contributed by atoms with Crippen LogP contribution >= 0.6 is 17.8 Å². The first-order chi connectivity index (χ1) is 6.94. The molecule has 0 N–H and O–H groups in total. The van der Waals surface area contributed by atoms with Gasteiger partial charge in [-0.3, -0.25) is 0 Å². The van der Waals surface area contributed by atoms with Gasteiger partial charge in [0.25, 0.3) is 0 Å². The normalized spacial score (nSPS) is 15.8. The monoisotopic (exact) mass is 291 g/mol. The van der Waals surface area contributed by atoms with Crippen molar-refractivity contribution in [2.45, 2.75) is 64.1 Å². The van der Waals surface area contributed by atoms with Crippen molar-refractivity contribution < 1.29 is 0 Å². The van der Waals surface area contributed by atoms with E-state index in [1.807, 2.05) is 0 Å². The standard InChI is InChI=1S/C11H27NP2Si2/c1-9(2)12-10(13)14-11(15(3,4)5)16(6,7)8/h9,11,14H,1-8H3/q-2. The summed E-state index contributed by atoms with van der Waals surface area (Å²) >= 11 is 0. The fourth-order valence-corrected chi connectivity index (χ4v) is 18.8. The van der Waals surface area contributed by atoms with Crippen molar-refractivity contribution in [3.05, 3.63) is 0 Å². The first kappa shape index (κ1) is 17.0. The zero-order valence-corrected chi connectivity index (χ0v) is 15.9. The Balaban J connectivity index is 4.85. The van der Waals surface area contributed by atoms with E-state index in [0.717, 1.165) is 18.7 Å². The van der Waals surface area contributed by atoms with Gasteiger partial charge in [-0.2, -0.15) is 0 Å². The number of rotatable bonds is 5. The lowest BCUT2D eigenvalue weighted by atomic mass is 10.4. The summed E-state index contributed by atoms with van der Waals surface area (Å²) in [5, 5.41) is 1.09. The largest absolute Gasteiger partial charge is 1.43 e. The maximum Gasteiger partial charge on any atom is 0.0490 e. The van der Waals surface area contributed by atoms with Crippen molar-refractivity contribution >= 4 is 39.2 Å². The van der Waals surface area contributed by atoms with Crippen LogP contribution in [0.4, 0.5) is 0 Å². The molecule has 0 bridgehead atoms. The van der Waals surface area contributed by atoms with Crippen LogP contribution in [0.3, 0.4) is 0 Å². The highest BCUT2D eigenvalue weighted by Crippen LogP contribution is 2.38. The van der Waals surface area contributed by atoms with E-state index in [0.29, 0.717) is 6.04 Å². The maximum absolute atomic E-state index is 4.58. The van der Waals surface area contributed by atoms with Gasteiger partial charge in [0, 0.05) is 22.2 Å². The lowest BCUT2D eigenvalue weighted by Gasteiger charge is -2.47. The molecule has 0 rings (SSSR count). The number of hydrogen-bond donors (Lipinski definition) is 0. The van der Waals surface area contributed by atoms with Gasteiger partial charge in [-0.1, -0.05) is 39.3 Å². The van der Waals surface area contributed by atoms with Gasteiger partial charge in [-0.05, 0) is 18.8 Å². The van der Waals surface area contributed by atoms with Crippen molar-refractivity contribution in [2.24, 2.45) is 4.99 Å². The van der Waals surface area contributed by atoms with E-state index in [-0.39, 0.29) is 0 Å². The quantitative estimate of drug-likeness (QED) is 0.385. The molecule has 0 aromatic carbocycles. The number of hydrogen-bond acceptors (Lipinski definition) is 1. The van der Waals surface area contributed by atoms with Gasteiger partial charge >= 0.3 is 0 Å². The van der Waals surface area contributed by atoms with Gasteiger partial charge in [-0.15, -0.1) is 8.58 Å². The molecule has 96 valence electrons. The number of nitrogens with zero attached hydrogens (tertiary/aromatic N) is 1. The van der Waals surface area contributed by atoms with E-state index >= 15 is 0 Å². The molecule has 5 heteroatoms. The van der Waals surface area contributed by atoms with Crippen LogP contribution in [-0.4, -0.2) is 32.3 Å². The van der Waals surface area contributed by atoms with Crippen LogP contribution in [0, 0.1) is 0 Å². The van der Waals surface area contributed by atoms with Gasteiger partial charge in [-0.25, -0.2) is 0 Å². The predicted molar refractivity (Wildman–Crippen MR) is 88.3 cm³/mol. The second-order valence-electron chi connectivity index (χ2n) is 6.86. The second kappa shape index (κ2) is 6.22. The van der Waals surface area contributed by atoms with Crippen LogP contribution in [0.5, 0.6) is 0 Å². The van der Waals surface area contributed by atoms with Gasteiger partial charge in [0.05, 0.1) is 0 Å². The summed E-state index contributed by atoms with van der Waals surface area (Å²) < 4.78 is 0. The highest BCUT2D eigenvalue weighted by atomic mass is 31.1. The molecular formula is C11H27NP2Si2-2. The van der Waals surface area contributed by atoms with E-state index in [9.17, 15) is 0 Å². The molecule has 0 saturated heterocycles. The molecule has 0 aromatic heterocycles. The average Bonchev–Trinajstić information content (AvgIpc) is 1.94. The SMILES string of the molecule is CC(C)N=C([P-2])PC([Si](C)(C)C)[Si](C)(C)C. The van der Waals surface area contributed by atoms with E-state index in [4.69, 9.17) is 0 Å². The Morgan fingerprint density at radius 2 is 1.38 bits per heavy atom. The first-order valence-electron chi connectivity index (χ1n) is 5.98. The summed E-state index contributed by atoms with van der Waals surface area (Å²) in [6.07, 6.45) is 0. The number of aliphatic imine (C=N–C) groups is 1. The third-order valence-corrected chi connectivity index (χ3v) is 18.3. The molecule has 0 saturated carbocycles. The highest BCUT2D eigenvalue weighted by molar-refractivity contribution is 7.82. The van der Waals surface area contributed by atoms with Crippen LogP contribution in [0.25, 0.3) is 0 Å². The van der Waals surface area contributed by atoms with E-state index < -0.39 is 16.1 Å². The topological polar surface area (TPSA) is 12.4 Å². The van der Waals surface area contributed by atoms with Gasteiger partial charge < -0.3 is 19.4 Å². The molecule has 0 aliphatic rings. The Morgan fingerprint density at radius 3 is 1.62 bits per heavy atom. The van der Waals surface area contributed by atoms with Crippen LogP contribution in [0.15, 0.2) is 4.99 Å². The Labute approximate surface area is 108 Å². The summed E-state index contributed by atoms with van der Waals surface area (Å²) in [6.45, 7) is 19.2. The van der Waals surface area contributed by atoms with Gasteiger partial charge in [0.15, 0.2) is 0 Å². The van der Waals surface area contributed by atoms with Crippen LogP contribution in [0.2, 0.25) is 39.3 Å². The van der Waals surface area contributed by atoms with Gasteiger partial charge in [0.2, 0.25) is 0 Å². The van der Waals surface area contributed by atoms with Crippen LogP contribution in [-0.2, 0) is 0 Å². The van der Waals surface area contributed by atoms with Crippen molar-refractivity contribution in [1.82, 2.24) is 0 Å².